The SMILES string of the molecule is CNC(Cc1ccc(OC)cc1[N+](=O)[O-])C1CC1. The van der Waals surface area contributed by atoms with Crippen LogP contribution in [0.4, 0.5) is 5.69 Å². The van der Waals surface area contributed by atoms with Gasteiger partial charge in [0, 0.05) is 11.6 Å². The molecule has 0 radical (unpaired) electrons. The van der Waals surface area contributed by atoms with Gasteiger partial charge in [-0.15, -0.1) is 0 Å². The van der Waals surface area contributed by atoms with E-state index >= 15 is 0 Å². The van der Waals surface area contributed by atoms with Crippen molar-refractivity contribution in [3.8, 4) is 5.75 Å². The average molecular weight is 250 g/mol. The van der Waals surface area contributed by atoms with Crippen LogP contribution in [0.15, 0.2) is 18.2 Å². The van der Waals surface area contributed by atoms with E-state index in [1.807, 2.05) is 7.05 Å². The second kappa shape index (κ2) is 5.35. The minimum Gasteiger partial charge on any atom is -0.497 e. The fraction of sp³-hybridized carbons (Fsp3) is 0.538. The molecule has 0 heterocycles. The van der Waals surface area contributed by atoms with E-state index in [9.17, 15) is 10.1 Å². The summed E-state index contributed by atoms with van der Waals surface area (Å²) in [6, 6.07) is 5.40. The molecule has 1 aliphatic rings. The molecule has 2 rings (SSSR count). The predicted octanol–water partition coefficient (Wildman–Crippen LogP) is 2.14. The molecule has 0 amide bonds. The molecule has 1 atom stereocenters. The Bertz CT molecular complexity index is 444. The lowest BCUT2D eigenvalue weighted by atomic mass is 10.0. The Kier molecular flexibility index (Phi) is 3.81. The van der Waals surface area contributed by atoms with Gasteiger partial charge < -0.3 is 10.1 Å². The molecule has 1 unspecified atom stereocenters. The number of hydrogen-bond donors (Lipinski definition) is 1. The molecule has 1 fully saturated rings. The van der Waals surface area contributed by atoms with Gasteiger partial charge in [0.25, 0.3) is 5.69 Å². The largest absolute Gasteiger partial charge is 0.497 e. The van der Waals surface area contributed by atoms with E-state index in [1.165, 1.54) is 26.0 Å². The summed E-state index contributed by atoms with van der Waals surface area (Å²) in [4.78, 5) is 10.7. The van der Waals surface area contributed by atoms with E-state index in [0.29, 0.717) is 24.1 Å². The van der Waals surface area contributed by atoms with Gasteiger partial charge in [0.05, 0.1) is 18.1 Å². The maximum absolute atomic E-state index is 11.1. The Hall–Kier alpha value is -1.62. The molecule has 0 bridgehead atoms. The Morgan fingerprint density at radius 1 is 1.56 bits per heavy atom. The van der Waals surface area contributed by atoms with Crippen molar-refractivity contribution in [3.63, 3.8) is 0 Å². The van der Waals surface area contributed by atoms with E-state index in [2.05, 4.69) is 5.32 Å². The monoisotopic (exact) mass is 250 g/mol. The lowest BCUT2D eigenvalue weighted by molar-refractivity contribution is -0.385. The summed E-state index contributed by atoms with van der Waals surface area (Å²) in [5.74, 6) is 1.19. The number of nitrogens with zero attached hydrogens (tertiary/aromatic N) is 1. The molecule has 98 valence electrons. The smallest absolute Gasteiger partial charge is 0.276 e. The molecule has 0 aromatic heterocycles. The lowest BCUT2D eigenvalue weighted by Gasteiger charge is -2.15. The summed E-state index contributed by atoms with van der Waals surface area (Å²) < 4.78 is 5.03. The molecule has 1 aliphatic carbocycles. The Morgan fingerprint density at radius 2 is 2.28 bits per heavy atom. The summed E-state index contributed by atoms with van der Waals surface area (Å²) in [7, 11) is 3.43. The number of rotatable bonds is 6. The van der Waals surface area contributed by atoms with Crippen LogP contribution in [0, 0.1) is 16.0 Å². The van der Waals surface area contributed by atoms with Crippen LogP contribution in [-0.4, -0.2) is 25.1 Å². The van der Waals surface area contributed by atoms with Gasteiger partial charge in [-0.05, 0) is 44.4 Å². The first-order valence-electron chi connectivity index (χ1n) is 6.14. The lowest BCUT2D eigenvalue weighted by Crippen LogP contribution is -2.29. The quantitative estimate of drug-likeness (QED) is 0.620. The van der Waals surface area contributed by atoms with Crippen molar-refractivity contribution in [1.82, 2.24) is 5.32 Å². The second-order valence-corrected chi connectivity index (χ2v) is 4.69. The zero-order chi connectivity index (χ0) is 13.1. The standard InChI is InChI=1S/C13H18N2O3/c1-14-12(9-3-4-9)7-10-5-6-11(18-2)8-13(10)15(16)17/h5-6,8-9,12,14H,3-4,7H2,1-2H3. The molecule has 5 nitrogen and oxygen atoms in total. The topological polar surface area (TPSA) is 64.4 Å². The number of ether oxygens (including phenoxy) is 1. The van der Waals surface area contributed by atoms with Crippen LogP contribution < -0.4 is 10.1 Å². The van der Waals surface area contributed by atoms with Crippen molar-refractivity contribution in [1.29, 1.82) is 0 Å². The molecule has 1 aromatic rings. The zero-order valence-electron chi connectivity index (χ0n) is 10.7. The van der Waals surface area contributed by atoms with Crippen LogP contribution in [0.1, 0.15) is 18.4 Å². The van der Waals surface area contributed by atoms with Crippen molar-refractivity contribution >= 4 is 5.69 Å². The van der Waals surface area contributed by atoms with Gasteiger partial charge in [-0.2, -0.15) is 0 Å². The van der Waals surface area contributed by atoms with Crippen LogP contribution in [-0.2, 0) is 6.42 Å². The fourth-order valence-electron chi connectivity index (χ4n) is 2.25. The first-order chi connectivity index (χ1) is 8.65. The number of hydrogen-bond acceptors (Lipinski definition) is 4. The molecule has 0 spiro atoms. The van der Waals surface area contributed by atoms with E-state index in [-0.39, 0.29) is 10.6 Å². The molecule has 0 aliphatic heterocycles. The normalized spacial score (nSPS) is 16.3. The number of nitro benzene ring substituents is 1. The van der Waals surface area contributed by atoms with Crippen LogP contribution in [0.2, 0.25) is 0 Å². The molecular weight excluding hydrogens is 232 g/mol. The first-order valence-corrected chi connectivity index (χ1v) is 6.14. The third kappa shape index (κ3) is 2.79. The Labute approximate surface area is 106 Å². The predicted molar refractivity (Wildman–Crippen MR) is 68.9 cm³/mol. The maximum atomic E-state index is 11.1. The molecule has 0 saturated heterocycles. The number of nitrogens with one attached hydrogen (secondary N) is 1. The van der Waals surface area contributed by atoms with E-state index in [4.69, 9.17) is 4.74 Å². The molecule has 18 heavy (non-hydrogen) atoms. The van der Waals surface area contributed by atoms with Crippen molar-refractivity contribution in [2.45, 2.75) is 25.3 Å². The first kappa shape index (κ1) is 12.8. The highest BCUT2D eigenvalue weighted by molar-refractivity contribution is 5.46. The molecule has 1 aromatic carbocycles. The molecular formula is C13H18N2O3. The summed E-state index contributed by atoms with van der Waals surface area (Å²) in [6.07, 6.45) is 3.13. The van der Waals surface area contributed by atoms with Crippen molar-refractivity contribution in [2.24, 2.45) is 5.92 Å². The maximum Gasteiger partial charge on any atom is 0.276 e. The second-order valence-electron chi connectivity index (χ2n) is 4.69. The van der Waals surface area contributed by atoms with Gasteiger partial charge >= 0.3 is 0 Å². The van der Waals surface area contributed by atoms with Crippen molar-refractivity contribution in [3.05, 3.63) is 33.9 Å². The van der Waals surface area contributed by atoms with Gasteiger partial charge in [0.2, 0.25) is 0 Å². The Balaban J connectivity index is 2.22. The number of nitro groups is 1. The third-order valence-electron chi connectivity index (χ3n) is 3.49. The minimum absolute atomic E-state index is 0.148. The van der Waals surface area contributed by atoms with Crippen molar-refractivity contribution in [2.75, 3.05) is 14.2 Å². The van der Waals surface area contributed by atoms with Gasteiger partial charge in [-0.3, -0.25) is 10.1 Å². The highest BCUT2D eigenvalue weighted by Crippen LogP contribution is 2.35. The van der Waals surface area contributed by atoms with Gasteiger partial charge in [0.15, 0.2) is 0 Å². The number of likely N-dealkylation sites (N-methyl/N-ethyl adjacent to an activating group) is 1. The molecule has 5 heteroatoms. The Morgan fingerprint density at radius 3 is 2.78 bits per heavy atom. The molecule has 1 N–H and O–H groups in total. The third-order valence-corrected chi connectivity index (χ3v) is 3.49. The minimum atomic E-state index is -0.336. The summed E-state index contributed by atoms with van der Waals surface area (Å²) in [5, 5.41) is 14.3. The van der Waals surface area contributed by atoms with Crippen LogP contribution >= 0.6 is 0 Å². The number of methoxy groups -OCH3 is 1. The fourth-order valence-corrected chi connectivity index (χ4v) is 2.25. The highest BCUT2D eigenvalue weighted by atomic mass is 16.6. The number of benzene rings is 1. The summed E-state index contributed by atoms with van der Waals surface area (Å²) in [5.41, 5.74) is 0.919. The van der Waals surface area contributed by atoms with Gasteiger partial charge in [0.1, 0.15) is 5.75 Å². The summed E-state index contributed by atoms with van der Waals surface area (Å²) in [6.45, 7) is 0. The van der Waals surface area contributed by atoms with Crippen LogP contribution in [0.25, 0.3) is 0 Å². The van der Waals surface area contributed by atoms with E-state index in [1.54, 1.807) is 12.1 Å². The van der Waals surface area contributed by atoms with E-state index in [0.717, 1.165) is 5.56 Å². The van der Waals surface area contributed by atoms with Gasteiger partial charge in [-0.1, -0.05) is 0 Å². The summed E-state index contributed by atoms with van der Waals surface area (Å²) >= 11 is 0. The average Bonchev–Trinajstić information content (AvgIpc) is 3.20. The highest BCUT2D eigenvalue weighted by Gasteiger charge is 2.31. The van der Waals surface area contributed by atoms with Crippen molar-refractivity contribution < 1.29 is 9.66 Å². The van der Waals surface area contributed by atoms with E-state index < -0.39 is 0 Å². The van der Waals surface area contributed by atoms with Crippen LogP contribution in [0.5, 0.6) is 5.75 Å². The zero-order valence-corrected chi connectivity index (χ0v) is 10.7. The molecule has 1 saturated carbocycles. The van der Waals surface area contributed by atoms with Crippen LogP contribution in [0.3, 0.4) is 0 Å². The van der Waals surface area contributed by atoms with Gasteiger partial charge in [-0.25, -0.2) is 0 Å².